The molecule has 0 bridgehead atoms. The van der Waals surface area contributed by atoms with E-state index in [0.29, 0.717) is 35.1 Å². The Morgan fingerprint density at radius 1 is 1.06 bits per heavy atom. The number of fused-ring (bicyclic) bond motifs is 1. The SMILES string of the molecule is Cc1ccc(C(=O)Nc2nc3c(s2)c(C(=O)NCCOC(C)(C)C)cn3C(C)(C)C)cc1. The van der Waals surface area contributed by atoms with Crippen LogP contribution >= 0.6 is 11.3 Å². The van der Waals surface area contributed by atoms with Crippen molar-refractivity contribution in [2.24, 2.45) is 0 Å². The van der Waals surface area contributed by atoms with Gasteiger partial charge in [-0.3, -0.25) is 14.9 Å². The van der Waals surface area contributed by atoms with Crippen molar-refractivity contribution in [2.75, 3.05) is 18.5 Å². The van der Waals surface area contributed by atoms with E-state index in [0.717, 1.165) is 10.3 Å². The highest BCUT2D eigenvalue weighted by Gasteiger charge is 2.25. The molecule has 0 unspecified atom stereocenters. The molecule has 0 saturated carbocycles. The van der Waals surface area contributed by atoms with E-state index in [9.17, 15) is 9.59 Å². The van der Waals surface area contributed by atoms with Gasteiger partial charge >= 0.3 is 0 Å². The molecule has 7 nitrogen and oxygen atoms in total. The van der Waals surface area contributed by atoms with Crippen molar-refractivity contribution in [3.63, 3.8) is 0 Å². The second-order valence-corrected chi connectivity index (χ2v) is 10.8. The molecule has 2 aromatic heterocycles. The first kappa shape index (κ1) is 23.9. The maximum Gasteiger partial charge on any atom is 0.257 e. The third-order valence-corrected chi connectivity index (χ3v) is 5.76. The number of carbonyl (C=O) groups excluding carboxylic acids is 2. The Hall–Kier alpha value is -2.71. The van der Waals surface area contributed by atoms with Gasteiger partial charge in [0.05, 0.1) is 22.5 Å². The van der Waals surface area contributed by atoms with E-state index in [4.69, 9.17) is 4.74 Å². The number of benzene rings is 1. The number of amides is 2. The monoisotopic (exact) mass is 456 g/mol. The molecule has 0 spiro atoms. The minimum atomic E-state index is -0.279. The number of aryl methyl sites for hydroxylation is 1. The zero-order valence-corrected chi connectivity index (χ0v) is 20.6. The molecule has 2 N–H and O–H groups in total. The average molecular weight is 457 g/mol. The Bertz CT molecular complexity index is 1120. The summed E-state index contributed by atoms with van der Waals surface area (Å²) in [6, 6.07) is 7.36. The van der Waals surface area contributed by atoms with E-state index in [1.54, 1.807) is 12.1 Å². The normalized spacial score (nSPS) is 12.2. The van der Waals surface area contributed by atoms with Crippen molar-refractivity contribution in [3.8, 4) is 0 Å². The van der Waals surface area contributed by atoms with Crippen LogP contribution in [0.4, 0.5) is 5.13 Å². The number of nitrogens with one attached hydrogen (secondary N) is 2. The maximum atomic E-state index is 12.9. The van der Waals surface area contributed by atoms with E-state index < -0.39 is 0 Å². The summed E-state index contributed by atoms with van der Waals surface area (Å²) in [5.41, 5.74) is 2.33. The van der Waals surface area contributed by atoms with Gasteiger partial charge in [0.15, 0.2) is 10.8 Å². The summed E-state index contributed by atoms with van der Waals surface area (Å²) in [4.78, 5) is 30.2. The summed E-state index contributed by atoms with van der Waals surface area (Å²) in [6.07, 6.45) is 1.83. The molecule has 3 rings (SSSR count). The molecule has 0 atom stereocenters. The highest BCUT2D eigenvalue weighted by atomic mass is 32.1. The minimum Gasteiger partial charge on any atom is -0.374 e. The van der Waals surface area contributed by atoms with E-state index in [1.807, 2.05) is 50.6 Å². The standard InChI is InChI=1S/C24H32N4O3S/c1-15-8-10-16(11-9-15)20(29)27-22-26-19-18(32-22)17(14-28(19)23(2,3)4)21(30)25-12-13-31-24(5,6)7/h8-11,14H,12-13H2,1-7H3,(H,25,30)(H,26,27,29). The molecule has 0 aliphatic rings. The fraction of sp³-hybridized carbons (Fsp3) is 0.458. The molecule has 0 fully saturated rings. The summed E-state index contributed by atoms with van der Waals surface area (Å²) >= 11 is 1.30. The first-order chi connectivity index (χ1) is 14.8. The van der Waals surface area contributed by atoms with Gasteiger partial charge in [-0.25, -0.2) is 4.98 Å². The lowest BCUT2D eigenvalue weighted by Gasteiger charge is -2.21. The Morgan fingerprint density at radius 3 is 2.31 bits per heavy atom. The van der Waals surface area contributed by atoms with Crippen LogP contribution in [0, 0.1) is 6.92 Å². The highest BCUT2D eigenvalue weighted by Crippen LogP contribution is 2.34. The van der Waals surface area contributed by atoms with E-state index in [1.165, 1.54) is 11.3 Å². The molecule has 0 aliphatic heterocycles. The fourth-order valence-corrected chi connectivity index (χ4v) is 4.08. The molecule has 0 radical (unpaired) electrons. The lowest BCUT2D eigenvalue weighted by atomic mass is 10.1. The number of hydrogen-bond acceptors (Lipinski definition) is 5. The Morgan fingerprint density at radius 2 is 1.72 bits per heavy atom. The van der Waals surface area contributed by atoms with Crippen molar-refractivity contribution in [1.29, 1.82) is 0 Å². The summed E-state index contributed by atoms with van der Waals surface area (Å²) in [7, 11) is 0. The van der Waals surface area contributed by atoms with Crippen LogP contribution in [0.1, 0.15) is 67.8 Å². The molecule has 1 aromatic carbocycles. The van der Waals surface area contributed by atoms with Gasteiger partial charge in [0.1, 0.15) is 0 Å². The van der Waals surface area contributed by atoms with Crippen molar-refractivity contribution in [1.82, 2.24) is 14.9 Å². The van der Waals surface area contributed by atoms with Gasteiger partial charge in [0, 0.05) is 23.8 Å². The van der Waals surface area contributed by atoms with Crippen LogP contribution < -0.4 is 10.6 Å². The first-order valence-electron chi connectivity index (χ1n) is 10.7. The number of hydrogen-bond donors (Lipinski definition) is 2. The zero-order valence-electron chi connectivity index (χ0n) is 19.8. The molecular weight excluding hydrogens is 424 g/mol. The lowest BCUT2D eigenvalue weighted by Crippen LogP contribution is -2.30. The van der Waals surface area contributed by atoms with Gasteiger partial charge in [-0.05, 0) is 60.6 Å². The quantitative estimate of drug-likeness (QED) is 0.514. The number of aromatic nitrogens is 2. The lowest BCUT2D eigenvalue weighted by molar-refractivity contribution is -0.000651. The number of rotatable bonds is 6. The third-order valence-electron chi connectivity index (χ3n) is 4.76. The van der Waals surface area contributed by atoms with Crippen LogP contribution in [0.25, 0.3) is 10.3 Å². The van der Waals surface area contributed by atoms with Crippen LogP contribution in [0.5, 0.6) is 0 Å². The smallest absolute Gasteiger partial charge is 0.257 e. The predicted octanol–water partition coefficient (Wildman–Crippen LogP) is 4.96. The largest absolute Gasteiger partial charge is 0.374 e. The van der Waals surface area contributed by atoms with E-state index >= 15 is 0 Å². The first-order valence-corrected chi connectivity index (χ1v) is 11.5. The Labute approximate surface area is 193 Å². The second-order valence-electron chi connectivity index (χ2n) is 9.79. The number of nitrogens with zero attached hydrogens (tertiary/aromatic N) is 2. The summed E-state index contributed by atoms with van der Waals surface area (Å²) in [5.74, 6) is -0.412. The molecule has 8 heteroatoms. The number of ether oxygens (including phenoxy) is 1. The van der Waals surface area contributed by atoms with Crippen LogP contribution in [0.3, 0.4) is 0 Å². The summed E-state index contributed by atoms with van der Waals surface area (Å²) in [5, 5.41) is 6.26. The minimum absolute atomic E-state index is 0.185. The Kier molecular flexibility index (Phi) is 6.76. The number of carbonyl (C=O) groups is 2. The van der Waals surface area contributed by atoms with Gasteiger partial charge in [-0.2, -0.15) is 0 Å². The molecule has 2 heterocycles. The van der Waals surface area contributed by atoms with Crippen molar-refractivity contribution < 1.29 is 14.3 Å². The van der Waals surface area contributed by atoms with Gasteiger partial charge in [-0.1, -0.05) is 29.0 Å². The van der Waals surface area contributed by atoms with E-state index in [2.05, 4.69) is 36.4 Å². The zero-order chi connectivity index (χ0) is 23.7. The molecule has 0 aliphatic carbocycles. The fourth-order valence-electron chi connectivity index (χ4n) is 3.12. The second kappa shape index (κ2) is 9.03. The van der Waals surface area contributed by atoms with Gasteiger partial charge in [0.25, 0.3) is 11.8 Å². The predicted molar refractivity (Wildman–Crippen MR) is 130 cm³/mol. The Balaban J connectivity index is 1.84. The molecule has 0 saturated heterocycles. The van der Waals surface area contributed by atoms with Crippen LogP contribution in [-0.4, -0.2) is 40.1 Å². The van der Waals surface area contributed by atoms with Crippen molar-refractivity contribution in [2.45, 2.75) is 59.6 Å². The molecule has 172 valence electrons. The van der Waals surface area contributed by atoms with Crippen LogP contribution in [0.15, 0.2) is 30.5 Å². The van der Waals surface area contributed by atoms with E-state index in [-0.39, 0.29) is 23.0 Å². The summed E-state index contributed by atoms with van der Waals surface area (Å²) in [6.45, 7) is 14.9. The highest BCUT2D eigenvalue weighted by molar-refractivity contribution is 7.22. The summed E-state index contributed by atoms with van der Waals surface area (Å²) < 4.78 is 8.40. The average Bonchev–Trinajstić information content (AvgIpc) is 3.22. The number of thiazole rings is 1. The van der Waals surface area contributed by atoms with Gasteiger partial charge in [-0.15, -0.1) is 0 Å². The van der Waals surface area contributed by atoms with Gasteiger partial charge in [0.2, 0.25) is 0 Å². The number of anilines is 1. The van der Waals surface area contributed by atoms with Crippen LogP contribution in [-0.2, 0) is 10.3 Å². The van der Waals surface area contributed by atoms with Crippen LogP contribution in [0.2, 0.25) is 0 Å². The molecule has 2 amide bonds. The van der Waals surface area contributed by atoms with Crippen molar-refractivity contribution in [3.05, 3.63) is 47.2 Å². The third kappa shape index (κ3) is 5.75. The molecular formula is C24H32N4O3S. The topological polar surface area (TPSA) is 85.2 Å². The molecule has 3 aromatic rings. The van der Waals surface area contributed by atoms with Crippen molar-refractivity contribution >= 4 is 38.6 Å². The molecule has 32 heavy (non-hydrogen) atoms. The maximum absolute atomic E-state index is 12.9. The van der Waals surface area contributed by atoms with Gasteiger partial charge < -0.3 is 14.6 Å².